The number of anilines is 1. The molecule has 1 aliphatic heterocycles. The zero-order valence-corrected chi connectivity index (χ0v) is 19.2. The van der Waals surface area contributed by atoms with Crippen LogP contribution in [0.3, 0.4) is 0 Å². The SMILES string of the molecule is CC(C)c1ccc(NC(=O)C(=O)NCCc2ccc(S(=O)(=O)N3CCOCC3)cc2)cc1. The minimum atomic E-state index is -3.53. The lowest BCUT2D eigenvalue weighted by Gasteiger charge is -2.26. The first-order valence-electron chi connectivity index (χ1n) is 10.6. The van der Waals surface area contributed by atoms with Crippen molar-refractivity contribution in [3.8, 4) is 0 Å². The van der Waals surface area contributed by atoms with E-state index in [0.29, 0.717) is 44.3 Å². The normalized spacial score (nSPS) is 14.8. The highest BCUT2D eigenvalue weighted by molar-refractivity contribution is 7.89. The van der Waals surface area contributed by atoms with Gasteiger partial charge in [0, 0.05) is 25.3 Å². The summed E-state index contributed by atoms with van der Waals surface area (Å²) in [5.74, 6) is -1.06. The van der Waals surface area contributed by atoms with E-state index in [-0.39, 0.29) is 11.4 Å². The Bertz CT molecular complexity index is 1030. The monoisotopic (exact) mass is 459 g/mol. The van der Waals surface area contributed by atoms with Crippen LogP contribution in [0.2, 0.25) is 0 Å². The Morgan fingerprint density at radius 2 is 1.59 bits per heavy atom. The third-order valence-electron chi connectivity index (χ3n) is 5.27. The average Bonchev–Trinajstić information content (AvgIpc) is 2.80. The molecule has 1 heterocycles. The zero-order chi connectivity index (χ0) is 23.1. The molecule has 1 saturated heterocycles. The van der Waals surface area contributed by atoms with E-state index in [1.54, 1.807) is 36.4 Å². The van der Waals surface area contributed by atoms with Crippen LogP contribution in [0, 0.1) is 0 Å². The van der Waals surface area contributed by atoms with E-state index in [4.69, 9.17) is 4.74 Å². The van der Waals surface area contributed by atoms with Crippen molar-refractivity contribution < 1.29 is 22.7 Å². The third-order valence-corrected chi connectivity index (χ3v) is 7.18. The number of ether oxygens (including phenoxy) is 1. The second kappa shape index (κ2) is 10.7. The predicted octanol–water partition coefficient (Wildman–Crippen LogP) is 2.13. The van der Waals surface area contributed by atoms with Gasteiger partial charge < -0.3 is 15.4 Å². The number of carbonyl (C=O) groups is 2. The second-order valence-electron chi connectivity index (χ2n) is 7.90. The lowest BCUT2D eigenvalue weighted by Crippen LogP contribution is -2.40. The molecule has 2 aromatic rings. The first-order valence-corrected chi connectivity index (χ1v) is 12.1. The minimum absolute atomic E-state index is 0.232. The number of morpholine rings is 1. The van der Waals surface area contributed by atoms with E-state index < -0.39 is 21.8 Å². The Hall–Kier alpha value is -2.75. The molecule has 0 unspecified atom stereocenters. The average molecular weight is 460 g/mol. The number of sulfonamides is 1. The van der Waals surface area contributed by atoms with Gasteiger partial charge in [-0.15, -0.1) is 0 Å². The molecule has 1 aliphatic rings. The fourth-order valence-electron chi connectivity index (χ4n) is 3.30. The van der Waals surface area contributed by atoms with Gasteiger partial charge in [-0.1, -0.05) is 38.1 Å². The van der Waals surface area contributed by atoms with Crippen molar-refractivity contribution in [3.05, 3.63) is 59.7 Å². The number of rotatable bonds is 7. The van der Waals surface area contributed by atoms with Crippen molar-refractivity contribution in [2.45, 2.75) is 31.1 Å². The van der Waals surface area contributed by atoms with Gasteiger partial charge in [-0.3, -0.25) is 9.59 Å². The summed E-state index contributed by atoms with van der Waals surface area (Å²) in [4.78, 5) is 24.4. The number of hydrogen-bond donors (Lipinski definition) is 2. The Kier molecular flexibility index (Phi) is 8.00. The standard InChI is InChI=1S/C23H29N3O5S/c1-17(2)19-5-7-20(8-6-19)25-23(28)22(27)24-12-11-18-3-9-21(10-4-18)32(29,30)26-13-15-31-16-14-26/h3-10,17H,11-16H2,1-2H3,(H,24,27)(H,25,28). The lowest BCUT2D eigenvalue weighted by molar-refractivity contribution is -0.136. The number of nitrogens with zero attached hydrogens (tertiary/aromatic N) is 1. The summed E-state index contributed by atoms with van der Waals surface area (Å²) >= 11 is 0. The quantitative estimate of drug-likeness (QED) is 0.617. The highest BCUT2D eigenvalue weighted by Crippen LogP contribution is 2.18. The topological polar surface area (TPSA) is 105 Å². The predicted molar refractivity (Wildman–Crippen MR) is 122 cm³/mol. The zero-order valence-electron chi connectivity index (χ0n) is 18.3. The number of nitrogens with one attached hydrogen (secondary N) is 2. The number of amides is 2. The van der Waals surface area contributed by atoms with Gasteiger partial charge in [0.25, 0.3) is 0 Å². The van der Waals surface area contributed by atoms with E-state index in [1.807, 2.05) is 12.1 Å². The Labute approximate surface area is 189 Å². The highest BCUT2D eigenvalue weighted by Gasteiger charge is 2.26. The maximum Gasteiger partial charge on any atom is 0.313 e. The molecule has 8 nitrogen and oxygen atoms in total. The van der Waals surface area contributed by atoms with Crippen LogP contribution in [0.5, 0.6) is 0 Å². The van der Waals surface area contributed by atoms with Crippen LogP contribution in [0.25, 0.3) is 0 Å². The van der Waals surface area contributed by atoms with Crippen molar-refractivity contribution in [2.75, 3.05) is 38.2 Å². The summed E-state index contributed by atoms with van der Waals surface area (Å²) in [6, 6.07) is 13.9. The molecular weight excluding hydrogens is 430 g/mol. The summed E-state index contributed by atoms with van der Waals surface area (Å²) in [7, 11) is -3.53. The summed E-state index contributed by atoms with van der Waals surface area (Å²) < 4.78 is 31.9. The van der Waals surface area contributed by atoms with Gasteiger partial charge in [0.2, 0.25) is 10.0 Å². The molecule has 0 saturated carbocycles. The van der Waals surface area contributed by atoms with Crippen LogP contribution in [0.1, 0.15) is 30.9 Å². The smallest absolute Gasteiger partial charge is 0.313 e. The van der Waals surface area contributed by atoms with Gasteiger partial charge in [-0.05, 0) is 47.7 Å². The maximum atomic E-state index is 12.6. The molecule has 2 aromatic carbocycles. The second-order valence-corrected chi connectivity index (χ2v) is 9.84. The van der Waals surface area contributed by atoms with Crippen LogP contribution >= 0.6 is 0 Å². The van der Waals surface area contributed by atoms with E-state index >= 15 is 0 Å². The van der Waals surface area contributed by atoms with E-state index in [0.717, 1.165) is 11.1 Å². The van der Waals surface area contributed by atoms with Gasteiger partial charge in [-0.25, -0.2) is 8.42 Å². The van der Waals surface area contributed by atoms with Crippen molar-refractivity contribution in [3.63, 3.8) is 0 Å². The van der Waals surface area contributed by atoms with Gasteiger partial charge in [0.15, 0.2) is 0 Å². The van der Waals surface area contributed by atoms with E-state index in [1.165, 1.54) is 4.31 Å². The van der Waals surface area contributed by atoms with Crippen LogP contribution in [-0.2, 0) is 30.8 Å². The Morgan fingerprint density at radius 1 is 0.969 bits per heavy atom. The van der Waals surface area contributed by atoms with E-state index in [2.05, 4.69) is 24.5 Å². The molecular formula is C23H29N3O5S. The first kappa shape index (κ1) is 23.9. The molecule has 2 amide bonds. The lowest BCUT2D eigenvalue weighted by atomic mass is 10.0. The molecule has 0 atom stereocenters. The summed E-state index contributed by atoms with van der Waals surface area (Å²) in [5.41, 5.74) is 2.57. The Balaban J connectivity index is 1.47. The van der Waals surface area contributed by atoms with Crippen molar-refractivity contribution in [2.24, 2.45) is 0 Å². The molecule has 0 aliphatic carbocycles. The van der Waals surface area contributed by atoms with Crippen LogP contribution in [0.4, 0.5) is 5.69 Å². The third kappa shape index (κ3) is 6.15. The van der Waals surface area contributed by atoms with Crippen LogP contribution < -0.4 is 10.6 Å². The molecule has 0 spiro atoms. The molecule has 3 rings (SSSR count). The number of hydrogen-bond acceptors (Lipinski definition) is 5. The minimum Gasteiger partial charge on any atom is -0.379 e. The van der Waals surface area contributed by atoms with Gasteiger partial charge in [-0.2, -0.15) is 4.31 Å². The largest absolute Gasteiger partial charge is 0.379 e. The highest BCUT2D eigenvalue weighted by atomic mass is 32.2. The molecule has 1 fully saturated rings. The van der Waals surface area contributed by atoms with Crippen molar-refractivity contribution >= 4 is 27.5 Å². The van der Waals surface area contributed by atoms with Crippen LogP contribution in [0.15, 0.2) is 53.4 Å². The number of carbonyl (C=O) groups excluding carboxylic acids is 2. The maximum absolute atomic E-state index is 12.6. The molecule has 9 heteroatoms. The molecule has 32 heavy (non-hydrogen) atoms. The molecule has 0 bridgehead atoms. The van der Waals surface area contributed by atoms with Gasteiger partial charge in [0.05, 0.1) is 18.1 Å². The summed E-state index contributed by atoms with van der Waals surface area (Å²) in [6.45, 7) is 5.91. The van der Waals surface area contributed by atoms with Gasteiger partial charge in [0.1, 0.15) is 0 Å². The molecule has 172 valence electrons. The van der Waals surface area contributed by atoms with Crippen LogP contribution in [-0.4, -0.2) is 57.4 Å². The van der Waals surface area contributed by atoms with Gasteiger partial charge >= 0.3 is 11.8 Å². The number of benzene rings is 2. The molecule has 0 radical (unpaired) electrons. The molecule has 0 aromatic heterocycles. The summed E-state index contributed by atoms with van der Waals surface area (Å²) in [6.07, 6.45) is 0.472. The first-order chi connectivity index (χ1) is 15.3. The van der Waals surface area contributed by atoms with Crippen molar-refractivity contribution in [1.82, 2.24) is 9.62 Å². The Morgan fingerprint density at radius 3 is 2.19 bits per heavy atom. The van der Waals surface area contributed by atoms with Crippen molar-refractivity contribution in [1.29, 1.82) is 0 Å². The van der Waals surface area contributed by atoms with E-state index in [9.17, 15) is 18.0 Å². The fourth-order valence-corrected chi connectivity index (χ4v) is 4.71. The fraction of sp³-hybridized carbons (Fsp3) is 0.391. The summed E-state index contributed by atoms with van der Waals surface area (Å²) in [5, 5.41) is 5.17. The molecule has 2 N–H and O–H groups in total.